The molecule has 25 heavy (non-hydrogen) atoms. The van der Waals surface area contributed by atoms with Gasteiger partial charge in [0.1, 0.15) is 12.2 Å². The van der Waals surface area contributed by atoms with Crippen molar-refractivity contribution in [2.75, 3.05) is 13.1 Å². The molecule has 1 spiro atoms. The first kappa shape index (κ1) is 17.3. The predicted octanol–water partition coefficient (Wildman–Crippen LogP) is 1.64. The summed E-state index contributed by atoms with van der Waals surface area (Å²) in [5.41, 5.74) is -1.19. The maximum atomic E-state index is 11.9. The number of nitrogens with zero attached hydrogens (tertiary/aromatic N) is 1. The Balaban J connectivity index is 1.77. The van der Waals surface area contributed by atoms with Gasteiger partial charge in [0, 0.05) is 25.7 Å². The molecule has 0 radical (unpaired) electrons. The fourth-order valence-corrected chi connectivity index (χ4v) is 6.73. The van der Waals surface area contributed by atoms with Crippen LogP contribution in [0.1, 0.15) is 58.8 Å². The minimum Gasteiger partial charge on any atom is -0.462 e. The summed E-state index contributed by atoms with van der Waals surface area (Å²) in [7, 11) is 0. The molecular weight excluding hydrogens is 322 g/mol. The molecule has 2 bridgehead atoms. The van der Waals surface area contributed by atoms with Gasteiger partial charge in [0.15, 0.2) is 0 Å². The SMILES string of the molecule is CC(=O)O[C@H]1CC[C@@]23[C@@H]4CCCN2CCC[C@]3(O)[C@@H]1C[C@H]4OC(C)=O. The van der Waals surface area contributed by atoms with E-state index in [1.165, 1.54) is 13.8 Å². The number of piperidine rings is 2. The lowest BCUT2D eigenvalue weighted by Crippen LogP contribution is -2.81. The number of hydrogen-bond acceptors (Lipinski definition) is 6. The molecule has 0 unspecified atom stereocenters. The summed E-state index contributed by atoms with van der Waals surface area (Å²) in [4.78, 5) is 25.8. The average molecular weight is 351 g/mol. The summed E-state index contributed by atoms with van der Waals surface area (Å²) in [6.45, 7) is 4.88. The first-order chi connectivity index (χ1) is 11.9. The van der Waals surface area contributed by atoms with E-state index in [0.717, 1.165) is 51.6 Å². The molecular formula is C19H29NO5. The zero-order chi connectivity index (χ0) is 17.8. The Morgan fingerprint density at radius 1 is 0.960 bits per heavy atom. The molecule has 0 amide bonds. The van der Waals surface area contributed by atoms with Gasteiger partial charge in [0.05, 0.1) is 11.1 Å². The molecule has 4 fully saturated rings. The molecule has 2 aliphatic heterocycles. The topological polar surface area (TPSA) is 76.1 Å². The van der Waals surface area contributed by atoms with Gasteiger partial charge in [-0.1, -0.05) is 0 Å². The van der Waals surface area contributed by atoms with Gasteiger partial charge in [-0.3, -0.25) is 14.5 Å². The third-order valence-electron chi connectivity index (χ3n) is 7.30. The number of carbonyl (C=O) groups is 2. The second-order valence-electron chi connectivity index (χ2n) is 8.36. The summed E-state index contributed by atoms with van der Waals surface area (Å²) < 4.78 is 11.3. The predicted molar refractivity (Wildman–Crippen MR) is 89.7 cm³/mol. The Kier molecular flexibility index (Phi) is 4.11. The van der Waals surface area contributed by atoms with Crippen molar-refractivity contribution in [2.45, 2.75) is 82.1 Å². The smallest absolute Gasteiger partial charge is 0.302 e. The van der Waals surface area contributed by atoms with Crippen LogP contribution in [0.4, 0.5) is 0 Å². The van der Waals surface area contributed by atoms with Crippen LogP contribution in [0.25, 0.3) is 0 Å². The fourth-order valence-electron chi connectivity index (χ4n) is 6.73. The minimum atomic E-state index is -0.856. The van der Waals surface area contributed by atoms with E-state index in [9.17, 15) is 14.7 Å². The van der Waals surface area contributed by atoms with Crippen LogP contribution in [0.2, 0.25) is 0 Å². The van der Waals surface area contributed by atoms with Gasteiger partial charge in [-0.15, -0.1) is 0 Å². The highest BCUT2D eigenvalue weighted by Crippen LogP contribution is 2.62. The van der Waals surface area contributed by atoms with Crippen molar-refractivity contribution in [3.63, 3.8) is 0 Å². The molecule has 140 valence electrons. The number of ether oxygens (including phenoxy) is 2. The van der Waals surface area contributed by atoms with Crippen molar-refractivity contribution >= 4 is 11.9 Å². The van der Waals surface area contributed by atoms with Crippen LogP contribution in [0, 0.1) is 11.8 Å². The highest BCUT2D eigenvalue weighted by molar-refractivity contribution is 5.66. The van der Waals surface area contributed by atoms with Crippen molar-refractivity contribution < 1.29 is 24.2 Å². The standard InChI is InChI=1S/C19H29NO5/c1-12(21)24-16-6-8-18-14-5-3-9-20(18)10-4-7-19(18,23)15(16)11-17(14)25-13(2)22/h14-17,23H,3-11H2,1-2H3/t14-,15-,16+,17-,18+,19+/m1/s1. The monoisotopic (exact) mass is 351 g/mol. The zero-order valence-electron chi connectivity index (χ0n) is 15.2. The van der Waals surface area contributed by atoms with Crippen molar-refractivity contribution in [3.8, 4) is 0 Å². The van der Waals surface area contributed by atoms with Gasteiger partial charge >= 0.3 is 11.9 Å². The second-order valence-corrected chi connectivity index (χ2v) is 8.36. The van der Waals surface area contributed by atoms with Crippen LogP contribution in [0.15, 0.2) is 0 Å². The summed E-state index contributed by atoms with van der Waals surface area (Å²) >= 11 is 0. The molecule has 1 N–H and O–H groups in total. The third kappa shape index (κ3) is 2.36. The Labute approximate surface area is 148 Å². The Morgan fingerprint density at radius 2 is 1.64 bits per heavy atom. The van der Waals surface area contributed by atoms with Crippen LogP contribution in [0.5, 0.6) is 0 Å². The molecule has 6 atom stereocenters. The largest absolute Gasteiger partial charge is 0.462 e. The molecule has 2 aliphatic carbocycles. The van der Waals surface area contributed by atoms with E-state index in [2.05, 4.69) is 4.90 Å². The lowest BCUT2D eigenvalue weighted by molar-refractivity contribution is -0.293. The van der Waals surface area contributed by atoms with Crippen LogP contribution in [-0.4, -0.2) is 58.4 Å². The van der Waals surface area contributed by atoms with Crippen molar-refractivity contribution in [2.24, 2.45) is 11.8 Å². The summed E-state index contributed by atoms with van der Waals surface area (Å²) in [6, 6.07) is 0. The molecule has 0 aromatic carbocycles. The Bertz CT molecular complexity index is 578. The lowest BCUT2D eigenvalue weighted by Gasteiger charge is -2.71. The second kappa shape index (κ2) is 5.95. The molecule has 2 saturated carbocycles. The van der Waals surface area contributed by atoms with Crippen LogP contribution in [-0.2, 0) is 19.1 Å². The summed E-state index contributed by atoms with van der Waals surface area (Å²) in [6.07, 6.45) is 5.49. The van der Waals surface area contributed by atoms with Gasteiger partial charge < -0.3 is 14.6 Å². The van der Waals surface area contributed by atoms with E-state index in [0.29, 0.717) is 6.42 Å². The maximum Gasteiger partial charge on any atom is 0.302 e. The van der Waals surface area contributed by atoms with Gasteiger partial charge in [0.25, 0.3) is 0 Å². The molecule has 4 rings (SSSR count). The lowest BCUT2D eigenvalue weighted by atomic mass is 9.46. The number of hydrogen-bond donors (Lipinski definition) is 1. The van der Waals surface area contributed by atoms with E-state index < -0.39 is 5.60 Å². The molecule has 6 nitrogen and oxygen atoms in total. The van der Waals surface area contributed by atoms with E-state index in [1.54, 1.807) is 0 Å². The van der Waals surface area contributed by atoms with Crippen molar-refractivity contribution in [3.05, 3.63) is 0 Å². The minimum absolute atomic E-state index is 0.161. The first-order valence-electron chi connectivity index (χ1n) is 9.70. The maximum absolute atomic E-state index is 11.9. The molecule has 2 heterocycles. The third-order valence-corrected chi connectivity index (χ3v) is 7.30. The number of rotatable bonds is 2. The Morgan fingerprint density at radius 3 is 2.36 bits per heavy atom. The fraction of sp³-hybridized carbons (Fsp3) is 0.895. The quantitative estimate of drug-likeness (QED) is 0.762. The normalized spacial score (nSPS) is 46.0. The van der Waals surface area contributed by atoms with Crippen LogP contribution in [0.3, 0.4) is 0 Å². The van der Waals surface area contributed by atoms with Gasteiger partial charge in [0.2, 0.25) is 0 Å². The average Bonchev–Trinajstić information content (AvgIpc) is 2.52. The Hall–Kier alpha value is -1.14. The van der Waals surface area contributed by atoms with Crippen LogP contribution >= 0.6 is 0 Å². The number of carbonyl (C=O) groups excluding carboxylic acids is 2. The highest BCUT2D eigenvalue weighted by Gasteiger charge is 2.71. The van der Waals surface area contributed by atoms with E-state index in [1.807, 2.05) is 0 Å². The molecule has 0 aromatic rings. The van der Waals surface area contributed by atoms with Crippen LogP contribution < -0.4 is 0 Å². The van der Waals surface area contributed by atoms with E-state index in [4.69, 9.17) is 9.47 Å². The van der Waals surface area contributed by atoms with Crippen molar-refractivity contribution in [1.82, 2.24) is 4.90 Å². The summed E-state index contributed by atoms with van der Waals surface area (Å²) in [5, 5.41) is 11.9. The van der Waals surface area contributed by atoms with Gasteiger partial charge in [-0.05, 0) is 58.0 Å². The number of esters is 2. The molecule has 0 aromatic heterocycles. The molecule has 2 saturated heterocycles. The summed E-state index contributed by atoms with van der Waals surface area (Å²) in [5.74, 6) is -0.550. The zero-order valence-corrected chi connectivity index (χ0v) is 15.2. The van der Waals surface area contributed by atoms with Crippen molar-refractivity contribution in [1.29, 1.82) is 0 Å². The molecule has 4 aliphatic rings. The van der Waals surface area contributed by atoms with Gasteiger partial charge in [-0.25, -0.2) is 0 Å². The highest BCUT2D eigenvalue weighted by atomic mass is 16.6. The van der Waals surface area contributed by atoms with E-state index in [-0.39, 0.29) is 41.5 Å². The van der Waals surface area contributed by atoms with E-state index >= 15 is 0 Å². The number of aliphatic hydroxyl groups is 1. The molecule has 6 heteroatoms. The van der Waals surface area contributed by atoms with Gasteiger partial charge in [-0.2, -0.15) is 0 Å². The first-order valence-corrected chi connectivity index (χ1v) is 9.70.